The van der Waals surface area contributed by atoms with Crippen LogP contribution in [0.5, 0.6) is 0 Å². The van der Waals surface area contributed by atoms with Gasteiger partial charge in [-0.3, -0.25) is 4.68 Å². The number of aromatic nitrogens is 2. The molecule has 4 heteroatoms. The first kappa shape index (κ1) is 17.0. The Bertz CT molecular complexity index is 434. The summed E-state index contributed by atoms with van der Waals surface area (Å²) in [6.45, 7) is 10.4. The van der Waals surface area contributed by atoms with E-state index >= 15 is 0 Å². The van der Waals surface area contributed by atoms with Gasteiger partial charge < -0.3 is 5.32 Å². The highest BCUT2D eigenvalue weighted by Crippen LogP contribution is 2.44. The molecular weight excluding hydrogens is 326 g/mol. The van der Waals surface area contributed by atoms with Gasteiger partial charge in [-0.1, -0.05) is 27.7 Å². The van der Waals surface area contributed by atoms with Crippen molar-refractivity contribution in [2.24, 2.45) is 24.3 Å². The fraction of sp³-hybridized carbons (Fsp3) is 0.824. The van der Waals surface area contributed by atoms with Crippen molar-refractivity contribution < 1.29 is 0 Å². The highest BCUT2D eigenvalue weighted by molar-refractivity contribution is 9.10. The largest absolute Gasteiger partial charge is 0.309 e. The van der Waals surface area contributed by atoms with Crippen LogP contribution in [0.25, 0.3) is 0 Å². The quantitative estimate of drug-likeness (QED) is 0.849. The SMILES string of the molecule is CCNC(c1c(Br)cnn1C)C1CCC(C(C)(C)C)CC1. The second-order valence-electron chi connectivity index (χ2n) is 7.51. The van der Waals surface area contributed by atoms with Gasteiger partial charge >= 0.3 is 0 Å². The summed E-state index contributed by atoms with van der Waals surface area (Å²) in [6, 6.07) is 0.415. The topological polar surface area (TPSA) is 29.9 Å². The molecule has 1 aromatic heterocycles. The van der Waals surface area contributed by atoms with Crippen LogP contribution in [0, 0.1) is 17.3 Å². The molecule has 1 atom stereocenters. The van der Waals surface area contributed by atoms with E-state index in [2.05, 4.69) is 54.0 Å². The zero-order valence-corrected chi connectivity index (χ0v) is 15.7. The molecule has 1 saturated carbocycles. The Morgan fingerprint density at radius 2 is 1.95 bits per heavy atom. The molecule has 1 N–H and O–H groups in total. The molecule has 1 aromatic rings. The van der Waals surface area contributed by atoms with Crippen LogP contribution in [-0.2, 0) is 7.05 Å². The second kappa shape index (κ2) is 6.82. The number of hydrogen-bond acceptors (Lipinski definition) is 2. The van der Waals surface area contributed by atoms with Crippen molar-refractivity contribution in [1.82, 2.24) is 15.1 Å². The number of aryl methyl sites for hydroxylation is 1. The molecule has 3 nitrogen and oxygen atoms in total. The Kier molecular flexibility index (Phi) is 5.53. The van der Waals surface area contributed by atoms with E-state index in [0.29, 0.717) is 11.5 Å². The molecule has 1 fully saturated rings. The number of halogens is 1. The molecule has 120 valence electrons. The molecule has 21 heavy (non-hydrogen) atoms. The molecule has 1 heterocycles. The predicted molar refractivity (Wildman–Crippen MR) is 92.2 cm³/mol. The van der Waals surface area contributed by atoms with Crippen molar-refractivity contribution in [2.75, 3.05) is 6.54 Å². The average molecular weight is 356 g/mol. The minimum atomic E-state index is 0.415. The van der Waals surface area contributed by atoms with Crippen molar-refractivity contribution in [3.63, 3.8) is 0 Å². The van der Waals surface area contributed by atoms with E-state index in [9.17, 15) is 0 Å². The molecule has 1 aliphatic carbocycles. The maximum atomic E-state index is 4.40. The van der Waals surface area contributed by atoms with Crippen LogP contribution in [0.4, 0.5) is 0 Å². The molecule has 0 bridgehead atoms. The Hall–Kier alpha value is -0.350. The van der Waals surface area contributed by atoms with Gasteiger partial charge in [0, 0.05) is 7.05 Å². The first-order valence-corrected chi connectivity index (χ1v) is 9.04. The summed E-state index contributed by atoms with van der Waals surface area (Å²) in [5.41, 5.74) is 1.75. The Balaban J connectivity index is 2.11. The van der Waals surface area contributed by atoms with Crippen molar-refractivity contribution in [1.29, 1.82) is 0 Å². The van der Waals surface area contributed by atoms with Gasteiger partial charge in [0.25, 0.3) is 0 Å². The lowest BCUT2D eigenvalue weighted by Crippen LogP contribution is -2.34. The lowest BCUT2D eigenvalue weighted by Gasteiger charge is -2.39. The minimum absolute atomic E-state index is 0.415. The lowest BCUT2D eigenvalue weighted by atomic mass is 9.68. The Morgan fingerprint density at radius 1 is 1.33 bits per heavy atom. The fourth-order valence-electron chi connectivity index (χ4n) is 3.80. The molecule has 0 radical (unpaired) electrons. The predicted octanol–water partition coefficient (Wildman–Crippen LogP) is 4.69. The summed E-state index contributed by atoms with van der Waals surface area (Å²) in [6.07, 6.45) is 7.26. The third-order valence-corrected chi connectivity index (χ3v) is 5.74. The number of hydrogen-bond donors (Lipinski definition) is 1. The van der Waals surface area contributed by atoms with Gasteiger partial charge in [-0.2, -0.15) is 5.10 Å². The van der Waals surface area contributed by atoms with Gasteiger partial charge in [0.1, 0.15) is 0 Å². The maximum absolute atomic E-state index is 4.40. The van der Waals surface area contributed by atoms with Crippen LogP contribution >= 0.6 is 15.9 Å². The Morgan fingerprint density at radius 3 is 2.38 bits per heavy atom. The average Bonchev–Trinajstić information content (AvgIpc) is 2.75. The standard InChI is InChI=1S/C17H30BrN3/c1-6-19-15(16-14(18)11-20-21(16)5)12-7-9-13(10-8-12)17(2,3)4/h11-13,15,19H,6-10H2,1-5H3. The summed E-state index contributed by atoms with van der Waals surface area (Å²) in [5, 5.41) is 8.10. The minimum Gasteiger partial charge on any atom is -0.309 e. The van der Waals surface area contributed by atoms with E-state index in [1.54, 1.807) is 0 Å². The number of nitrogens with one attached hydrogen (secondary N) is 1. The van der Waals surface area contributed by atoms with Gasteiger partial charge in [0.2, 0.25) is 0 Å². The van der Waals surface area contributed by atoms with Crippen LogP contribution in [-0.4, -0.2) is 16.3 Å². The van der Waals surface area contributed by atoms with Crippen molar-refractivity contribution in [3.05, 3.63) is 16.4 Å². The smallest absolute Gasteiger partial charge is 0.0695 e. The van der Waals surface area contributed by atoms with Gasteiger partial charge in [-0.15, -0.1) is 0 Å². The van der Waals surface area contributed by atoms with E-state index in [0.717, 1.165) is 22.9 Å². The summed E-state index contributed by atoms with van der Waals surface area (Å²) in [5.74, 6) is 1.58. The van der Waals surface area contributed by atoms with E-state index in [1.807, 2.05) is 17.9 Å². The summed E-state index contributed by atoms with van der Waals surface area (Å²) >= 11 is 3.67. The van der Waals surface area contributed by atoms with E-state index in [1.165, 1.54) is 31.4 Å². The summed E-state index contributed by atoms with van der Waals surface area (Å²) < 4.78 is 3.15. The molecule has 2 rings (SSSR count). The Labute approximate surface area is 138 Å². The lowest BCUT2D eigenvalue weighted by molar-refractivity contribution is 0.131. The van der Waals surface area contributed by atoms with Gasteiger partial charge in [0.05, 0.1) is 22.4 Å². The molecule has 0 spiro atoms. The van der Waals surface area contributed by atoms with E-state index < -0.39 is 0 Å². The second-order valence-corrected chi connectivity index (χ2v) is 8.37. The van der Waals surface area contributed by atoms with Gasteiger partial charge in [-0.05, 0) is 65.4 Å². The number of rotatable bonds is 4. The molecule has 0 saturated heterocycles. The third kappa shape index (κ3) is 3.89. The summed E-state index contributed by atoms with van der Waals surface area (Å²) in [7, 11) is 2.05. The van der Waals surface area contributed by atoms with Gasteiger partial charge in [-0.25, -0.2) is 0 Å². The zero-order valence-electron chi connectivity index (χ0n) is 14.1. The van der Waals surface area contributed by atoms with Crippen molar-refractivity contribution in [2.45, 2.75) is 59.4 Å². The molecule has 0 aliphatic heterocycles. The van der Waals surface area contributed by atoms with Gasteiger partial charge in [0.15, 0.2) is 0 Å². The van der Waals surface area contributed by atoms with Crippen molar-refractivity contribution in [3.8, 4) is 0 Å². The van der Waals surface area contributed by atoms with Crippen LogP contribution in [0.2, 0.25) is 0 Å². The first-order chi connectivity index (χ1) is 9.84. The normalized spacial score (nSPS) is 25.0. The third-order valence-electron chi connectivity index (χ3n) is 5.12. The van der Waals surface area contributed by atoms with E-state index in [-0.39, 0.29) is 0 Å². The van der Waals surface area contributed by atoms with Crippen LogP contribution in [0.1, 0.15) is 65.1 Å². The molecule has 1 unspecified atom stereocenters. The zero-order chi connectivity index (χ0) is 15.6. The molecule has 1 aliphatic rings. The maximum Gasteiger partial charge on any atom is 0.0695 e. The first-order valence-electron chi connectivity index (χ1n) is 8.25. The highest BCUT2D eigenvalue weighted by atomic mass is 79.9. The van der Waals surface area contributed by atoms with Crippen molar-refractivity contribution >= 4 is 15.9 Å². The van der Waals surface area contributed by atoms with Crippen LogP contribution < -0.4 is 5.32 Å². The molecular formula is C17H30BrN3. The molecule has 0 aromatic carbocycles. The van der Waals surface area contributed by atoms with Crippen LogP contribution in [0.15, 0.2) is 10.7 Å². The van der Waals surface area contributed by atoms with Crippen LogP contribution in [0.3, 0.4) is 0 Å². The summed E-state index contributed by atoms with van der Waals surface area (Å²) in [4.78, 5) is 0. The monoisotopic (exact) mass is 355 g/mol. The number of nitrogens with zero attached hydrogens (tertiary/aromatic N) is 2. The molecule has 0 amide bonds. The highest BCUT2D eigenvalue weighted by Gasteiger charge is 2.34. The van der Waals surface area contributed by atoms with E-state index in [4.69, 9.17) is 0 Å². The fourth-order valence-corrected chi connectivity index (χ4v) is 4.39.